The molecular formula is C12H20N4O2. The van der Waals surface area contributed by atoms with Crippen LogP contribution in [0, 0.1) is 5.92 Å². The topological polar surface area (TPSA) is 92.9 Å². The zero-order chi connectivity index (χ0) is 13.7. The van der Waals surface area contributed by atoms with Crippen molar-refractivity contribution in [3.63, 3.8) is 0 Å². The number of hydrogen-bond acceptors (Lipinski definition) is 4. The van der Waals surface area contributed by atoms with Crippen LogP contribution in [-0.2, 0) is 6.54 Å². The molecule has 0 saturated heterocycles. The minimum atomic E-state index is -0.485. The normalized spacial score (nSPS) is 10.6. The Kier molecular flexibility index (Phi) is 4.76. The van der Waals surface area contributed by atoms with Crippen molar-refractivity contribution >= 4 is 11.5 Å². The number of H-pyrrole nitrogens is 1. The first-order valence-electron chi connectivity index (χ1n) is 5.94. The summed E-state index contributed by atoms with van der Waals surface area (Å²) in [6, 6.07) is 0. The van der Waals surface area contributed by atoms with E-state index < -0.39 is 11.2 Å². The van der Waals surface area contributed by atoms with Gasteiger partial charge in [-0.25, -0.2) is 4.79 Å². The molecule has 0 aromatic carbocycles. The number of hydrogen-bond donors (Lipinski definition) is 3. The minimum Gasteiger partial charge on any atom is -0.383 e. The summed E-state index contributed by atoms with van der Waals surface area (Å²) in [6.07, 6.45) is 2.45. The molecule has 6 nitrogen and oxygen atoms in total. The molecular weight excluding hydrogens is 232 g/mol. The van der Waals surface area contributed by atoms with Crippen LogP contribution >= 0.6 is 0 Å². The largest absolute Gasteiger partial charge is 0.383 e. The van der Waals surface area contributed by atoms with Crippen LogP contribution in [0.15, 0.2) is 22.2 Å². The maximum absolute atomic E-state index is 11.7. The van der Waals surface area contributed by atoms with Crippen LogP contribution < -0.4 is 22.3 Å². The van der Waals surface area contributed by atoms with Crippen LogP contribution in [0.4, 0.5) is 11.5 Å². The standard InChI is InChI=1S/C12H20N4O2/c1-4-5-6-14-9-10(13)16(7-8(2)3)12(18)15-11(9)17/h4,8,14H,1,5-7,13H2,2-3H3,(H,15,17,18). The highest BCUT2D eigenvalue weighted by Crippen LogP contribution is 2.11. The first kappa shape index (κ1) is 14.1. The molecule has 0 spiro atoms. The summed E-state index contributed by atoms with van der Waals surface area (Å²) in [5, 5.41) is 2.92. The molecule has 1 rings (SSSR count). The lowest BCUT2D eigenvalue weighted by Gasteiger charge is -2.14. The van der Waals surface area contributed by atoms with Gasteiger partial charge in [0.25, 0.3) is 5.56 Å². The van der Waals surface area contributed by atoms with Crippen molar-refractivity contribution in [2.45, 2.75) is 26.8 Å². The number of rotatable bonds is 6. The molecule has 18 heavy (non-hydrogen) atoms. The van der Waals surface area contributed by atoms with Crippen LogP contribution in [0.1, 0.15) is 20.3 Å². The number of nitrogens with two attached hydrogens (primary N) is 1. The highest BCUT2D eigenvalue weighted by molar-refractivity contribution is 5.60. The van der Waals surface area contributed by atoms with Crippen molar-refractivity contribution in [3.8, 4) is 0 Å². The smallest absolute Gasteiger partial charge is 0.330 e. The van der Waals surface area contributed by atoms with Gasteiger partial charge in [-0.3, -0.25) is 14.3 Å². The van der Waals surface area contributed by atoms with E-state index in [0.29, 0.717) is 19.5 Å². The number of nitrogens with one attached hydrogen (secondary N) is 2. The zero-order valence-corrected chi connectivity index (χ0v) is 10.8. The first-order chi connectivity index (χ1) is 8.47. The summed E-state index contributed by atoms with van der Waals surface area (Å²) < 4.78 is 1.38. The molecule has 4 N–H and O–H groups in total. The second kappa shape index (κ2) is 6.09. The Morgan fingerprint density at radius 1 is 1.50 bits per heavy atom. The van der Waals surface area contributed by atoms with Crippen LogP contribution in [0.2, 0.25) is 0 Å². The van der Waals surface area contributed by atoms with Crippen molar-refractivity contribution in [2.24, 2.45) is 5.92 Å². The molecule has 0 aliphatic heterocycles. The number of aromatic nitrogens is 2. The van der Waals surface area contributed by atoms with Gasteiger partial charge in [0.05, 0.1) is 0 Å². The Morgan fingerprint density at radius 3 is 2.72 bits per heavy atom. The number of nitrogen functional groups attached to an aromatic ring is 1. The van der Waals surface area contributed by atoms with Gasteiger partial charge in [-0.1, -0.05) is 19.9 Å². The molecule has 0 aliphatic carbocycles. The van der Waals surface area contributed by atoms with Crippen molar-refractivity contribution in [1.82, 2.24) is 9.55 Å². The average molecular weight is 252 g/mol. The van der Waals surface area contributed by atoms with E-state index >= 15 is 0 Å². The van der Waals surface area contributed by atoms with E-state index in [1.165, 1.54) is 4.57 Å². The summed E-state index contributed by atoms with van der Waals surface area (Å²) in [7, 11) is 0. The molecule has 0 atom stereocenters. The summed E-state index contributed by atoms with van der Waals surface area (Å²) in [6.45, 7) is 8.57. The van der Waals surface area contributed by atoms with Gasteiger partial charge in [0.1, 0.15) is 11.5 Å². The molecule has 0 saturated carbocycles. The molecule has 0 bridgehead atoms. The monoisotopic (exact) mass is 252 g/mol. The van der Waals surface area contributed by atoms with Gasteiger partial charge >= 0.3 is 5.69 Å². The minimum absolute atomic E-state index is 0.182. The lowest BCUT2D eigenvalue weighted by molar-refractivity contribution is 0.508. The van der Waals surface area contributed by atoms with E-state index in [0.717, 1.165) is 0 Å². The molecule has 1 heterocycles. The Bertz CT molecular complexity index is 528. The SMILES string of the molecule is C=CCCNc1c(N)n(CC(C)C)c(=O)[nH]c1=O. The van der Waals surface area contributed by atoms with Gasteiger partial charge in [0.15, 0.2) is 0 Å². The van der Waals surface area contributed by atoms with Crippen molar-refractivity contribution in [3.05, 3.63) is 33.5 Å². The quantitative estimate of drug-likeness (QED) is 0.515. The summed E-state index contributed by atoms with van der Waals surface area (Å²) in [5.74, 6) is 0.443. The fourth-order valence-corrected chi connectivity index (χ4v) is 1.60. The Balaban J connectivity index is 3.14. The predicted octanol–water partition coefficient (Wildman–Crippen LogP) is 0.763. The highest BCUT2D eigenvalue weighted by Gasteiger charge is 2.12. The maximum atomic E-state index is 11.7. The van der Waals surface area contributed by atoms with Crippen LogP contribution in [0.3, 0.4) is 0 Å². The molecule has 100 valence electrons. The third-order valence-electron chi connectivity index (χ3n) is 2.44. The van der Waals surface area contributed by atoms with E-state index in [4.69, 9.17) is 5.73 Å². The average Bonchev–Trinajstić information content (AvgIpc) is 2.28. The van der Waals surface area contributed by atoms with Crippen LogP contribution in [0.5, 0.6) is 0 Å². The van der Waals surface area contributed by atoms with Gasteiger partial charge in [-0.15, -0.1) is 6.58 Å². The maximum Gasteiger partial charge on any atom is 0.330 e. The molecule has 6 heteroatoms. The van der Waals surface area contributed by atoms with Crippen molar-refractivity contribution in [1.29, 1.82) is 0 Å². The molecule has 1 aromatic rings. The lowest BCUT2D eigenvalue weighted by Crippen LogP contribution is -2.35. The van der Waals surface area contributed by atoms with Gasteiger partial charge in [0, 0.05) is 13.1 Å². The fraction of sp³-hybridized carbons (Fsp3) is 0.500. The summed E-state index contributed by atoms with van der Waals surface area (Å²) in [5.41, 5.74) is 5.16. The van der Waals surface area contributed by atoms with Gasteiger partial charge in [-0.2, -0.15) is 0 Å². The van der Waals surface area contributed by atoms with Crippen molar-refractivity contribution < 1.29 is 0 Å². The first-order valence-corrected chi connectivity index (χ1v) is 5.94. The Morgan fingerprint density at radius 2 is 2.17 bits per heavy atom. The highest BCUT2D eigenvalue weighted by atomic mass is 16.2. The number of anilines is 2. The third kappa shape index (κ3) is 3.26. The molecule has 0 unspecified atom stereocenters. The molecule has 0 amide bonds. The van der Waals surface area contributed by atoms with Crippen molar-refractivity contribution in [2.75, 3.05) is 17.6 Å². The van der Waals surface area contributed by atoms with E-state index in [-0.39, 0.29) is 17.4 Å². The van der Waals surface area contributed by atoms with Gasteiger partial charge in [-0.05, 0) is 12.3 Å². The van der Waals surface area contributed by atoms with E-state index in [1.54, 1.807) is 6.08 Å². The molecule has 0 aliphatic rings. The summed E-state index contributed by atoms with van der Waals surface area (Å²) in [4.78, 5) is 25.6. The summed E-state index contributed by atoms with van der Waals surface area (Å²) >= 11 is 0. The second-order valence-electron chi connectivity index (χ2n) is 4.53. The molecule has 0 fully saturated rings. The molecule has 0 radical (unpaired) electrons. The van der Waals surface area contributed by atoms with Gasteiger partial charge < -0.3 is 11.1 Å². The Hall–Kier alpha value is -1.98. The fourth-order valence-electron chi connectivity index (χ4n) is 1.60. The van der Waals surface area contributed by atoms with E-state index in [9.17, 15) is 9.59 Å². The zero-order valence-electron chi connectivity index (χ0n) is 10.8. The molecule has 1 aromatic heterocycles. The second-order valence-corrected chi connectivity index (χ2v) is 4.53. The lowest BCUT2D eigenvalue weighted by atomic mass is 10.2. The Labute approximate surface area is 106 Å². The number of nitrogens with zero attached hydrogens (tertiary/aromatic N) is 1. The van der Waals surface area contributed by atoms with E-state index in [1.807, 2.05) is 13.8 Å². The predicted molar refractivity (Wildman–Crippen MR) is 73.9 cm³/mol. The van der Waals surface area contributed by atoms with E-state index in [2.05, 4.69) is 16.9 Å². The third-order valence-corrected chi connectivity index (χ3v) is 2.44. The number of aromatic amines is 1. The van der Waals surface area contributed by atoms with Crippen LogP contribution in [0.25, 0.3) is 0 Å². The van der Waals surface area contributed by atoms with Crippen LogP contribution in [-0.4, -0.2) is 16.1 Å². The van der Waals surface area contributed by atoms with Gasteiger partial charge in [0.2, 0.25) is 0 Å².